The highest BCUT2D eigenvalue weighted by molar-refractivity contribution is 5.74. The van der Waals surface area contributed by atoms with E-state index in [9.17, 15) is 4.79 Å². The lowest BCUT2D eigenvalue weighted by Crippen LogP contribution is -2.46. The number of hydrogen-bond acceptors (Lipinski definition) is 4. The molecule has 1 aliphatic rings. The van der Waals surface area contributed by atoms with Gasteiger partial charge in [0.15, 0.2) is 11.5 Å². The molecule has 6 heteroatoms. The molecule has 140 valence electrons. The Kier molecular flexibility index (Phi) is 7.37. The topological polar surface area (TPSA) is 60.0 Å². The predicted octanol–water partition coefficient (Wildman–Crippen LogP) is 3.37. The number of rotatable bonds is 7. The highest BCUT2D eigenvalue weighted by Crippen LogP contribution is 2.30. The molecule has 0 bridgehead atoms. The standard InChI is InChI=1S/C19H30N2O4/c1-5-24-17-8-7-15(13-18(17)25-6-2)14(3)20-19(22)21(4)16-9-11-23-12-10-16/h7-8,13-14,16H,5-6,9-12H2,1-4H3,(H,20,22). The van der Waals surface area contributed by atoms with Crippen LogP contribution in [0.1, 0.15) is 45.2 Å². The number of carbonyl (C=O) groups excluding carboxylic acids is 1. The Balaban J connectivity index is 2.02. The van der Waals surface area contributed by atoms with Gasteiger partial charge in [-0.15, -0.1) is 0 Å². The van der Waals surface area contributed by atoms with E-state index in [2.05, 4.69) is 5.32 Å². The zero-order valence-electron chi connectivity index (χ0n) is 15.7. The number of hydrogen-bond donors (Lipinski definition) is 1. The Morgan fingerprint density at radius 3 is 2.52 bits per heavy atom. The molecule has 25 heavy (non-hydrogen) atoms. The number of ether oxygens (including phenoxy) is 3. The van der Waals surface area contributed by atoms with E-state index in [1.807, 2.05) is 46.0 Å². The fraction of sp³-hybridized carbons (Fsp3) is 0.632. The van der Waals surface area contributed by atoms with Crippen LogP contribution in [0.25, 0.3) is 0 Å². The molecule has 1 N–H and O–H groups in total. The van der Waals surface area contributed by atoms with Gasteiger partial charge in [0.1, 0.15) is 0 Å². The van der Waals surface area contributed by atoms with Crippen LogP contribution in [-0.4, -0.2) is 50.4 Å². The third-order valence-electron chi connectivity index (χ3n) is 4.47. The van der Waals surface area contributed by atoms with Gasteiger partial charge < -0.3 is 24.4 Å². The SMILES string of the molecule is CCOc1ccc(C(C)NC(=O)N(C)C2CCOCC2)cc1OCC. The number of benzene rings is 1. The van der Waals surface area contributed by atoms with Crippen molar-refractivity contribution in [1.82, 2.24) is 10.2 Å². The number of urea groups is 1. The first kappa shape index (κ1) is 19.4. The number of nitrogens with zero attached hydrogens (tertiary/aromatic N) is 1. The van der Waals surface area contributed by atoms with Gasteiger partial charge in [-0.05, 0) is 51.3 Å². The molecular formula is C19H30N2O4. The summed E-state index contributed by atoms with van der Waals surface area (Å²) >= 11 is 0. The van der Waals surface area contributed by atoms with Crippen LogP contribution in [-0.2, 0) is 4.74 Å². The van der Waals surface area contributed by atoms with E-state index < -0.39 is 0 Å². The van der Waals surface area contributed by atoms with Crippen LogP contribution in [0.4, 0.5) is 4.79 Å². The highest BCUT2D eigenvalue weighted by Gasteiger charge is 2.23. The van der Waals surface area contributed by atoms with Crippen LogP contribution >= 0.6 is 0 Å². The van der Waals surface area contributed by atoms with E-state index in [1.54, 1.807) is 4.90 Å². The van der Waals surface area contributed by atoms with Crippen LogP contribution in [0, 0.1) is 0 Å². The van der Waals surface area contributed by atoms with E-state index in [-0.39, 0.29) is 18.1 Å². The molecule has 0 spiro atoms. The third-order valence-corrected chi connectivity index (χ3v) is 4.47. The molecule has 1 aromatic carbocycles. The van der Waals surface area contributed by atoms with Crippen LogP contribution in [0.5, 0.6) is 11.5 Å². The Morgan fingerprint density at radius 1 is 1.24 bits per heavy atom. The van der Waals surface area contributed by atoms with Crippen molar-refractivity contribution in [1.29, 1.82) is 0 Å². The third kappa shape index (κ3) is 5.26. The number of amides is 2. The zero-order chi connectivity index (χ0) is 18.2. The molecule has 6 nitrogen and oxygen atoms in total. The van der Waals surface area contributed by atoms with Crippen LogP contribution in [0.15, 0.2) is 18.2 Å². The molecule has 0 saturated carbocycles. The number of carbonyl (C=O) groups is 1. The lowest BCUT2D eigenvalue weighted by molar-refractivity contribution is 0.0522. The largest absolute Gasteiger partial charge is 0.490 e. The molecule has 0 aliphatic carbocycles. The smallest absolute Gasteiger partial charge is 0.317 e. The first-order valence-electron chi connectivity index (χ1n) is 9.07. The van der Waals surface area contributed by atoms with Gasteiger partial charge in [0.2, 0.25) is 0 Å². The minimum absolute atomic E-state index is 0.0637. The fourth-order valence-electron chi connectivity index (χ4n) is 2.95. The molecule has 0 radical (unpaired) electrons. The number of nitrogens with one attached hydrogen (secondary N) is 1. The summed E-state index contributed by atoms with van der Waals surface area (Å²) in [6.07, 6.45) is 1.77. The van der Waals surface area contributed by atoms with Gasteiger partial charge in [-0.2, -0.15) is 0 Å². The second-order valence-electron chi connectivity index (χ2n) is 6.20. The van der Waals surface area contributed by atoms with Crippen molar-refractivity contribution in [3.8, 4) is 11.5 Å². The van der Waals surface area contributed by atoms with Crippen molar-refractivity contribution in [3.63, 3.8) is 0 Å². The van der Waals surface area contributed by atoms with Crippen LogP contribution in [0.2, 0.25) is 0 Å². The summed E-state index contributed by atoms with van der Waals surface area (Å²) < 4.78 is 16.6. The lowest BCUT2D eigenvalue weighted by atomic mass is 10.1. The molecule has 0 aromatic heterocycles. The lowest BCUT2D eigenvalue weighted by Gasteiger charge is -2.32. The predicted molar refractivity (Wildman–Crippen MR) is 97.3 cm³/mol. The van der Waals surface area contributed by atoms with Gasteiger partial charge >= 0.3 is 6.03 Å². The van der Waals surface area contributed by atoms with Gasteiger partial charge in [-0.1, -0.05) is 6.07 Å². The van der Waals surface area contributed by atoms with Gasteiger partial charge in [0.05, 0.1) is 19.3 Å². The van der Waals surface area contributed by atoms with Crippen molar-refractivity contribution in [2.45, 2.75) is 45.7 Å². The second-order valence-corrected chi connectivity index (χ2v) is 6.20. The molecule has 2 rings (SSSR count). The highest BCUT2D eigenvalue weighted by atomic mass is 16.5. The van der Waals surface area contributed by atoms with Crippen molar-refractivity contribution in [3.05, 3.63) is 23.8 Å². The molecule has 1 saturated heterocycles. The van der Waals surface area contributed by atoms with Crippen molar-refractivity contribution < 1.29 is 19.0 Å². The van der Waals surface area contributed by atoms with Gasteiger partial charge in [-0.25, -0.2) is 4.79 Å². The summed E-state index contributed by atoms with van der Waals surface area (Å²) in [5, 5.41) is 3.06. The monoisotopic (exact) mass is 350 g/mol. The first-order chi connectivity index (χ1) is 12.1. The molecule has 1 atom stereocenters. The molecule has 1 aromatic rings. The quantitative estimate of drug-likeness (QED) is 0.819. The minimum Gasteiger partial charge on any atom is -0.490 e. The van der Waals surface area contributed by atoms with Crippen LogP contribution < -0.4 is 14.8 Å². The van der Waals surface area contributed by atoms with Crippen LogP contribution in [0.3, 0.4) is 0 Å². The average Bonchev–Trinajstić information content (AvgIpc) is 2.63. The molecular weight excluding hydrogens is 320 g/mol. The molecule has 1 aliphatic heterocycles. The average molecular weight is 350 g/mol. The van der Waals surface area contributed by atoms with Crippen molar-refractivity contribution in [2.24, 2.45) is 0 Å². The van der Waals surface area contributed by atoms with Crippen molar-refractivity contribution in [2.75, 3.05) is 33.5 Å². The van der Waals surface area contributed by atoms with Crippen molar-refractivity contribution >= 4 is 6.03 Å². The van der Waals surface area contributed by atoms with Gasteiger partial charge in [-0.3, -0.25) is 0 Å². The molecule has 1 unspecified atom stereocenters. The minimum atomic E-state index is -0.121. The molecule has 1 heterocycles. The summed E-state index contributed by atoms with van der Waals surface area (Å²) in [5.41, 5.74) is 0.987. The summed E-state index contributed by atoms with van der Waals surface area (Å²) in [6, 6.07) is 5.85. The fourth-order valence-corrected chi connectivity index (χ4v) is 2.95. The first-order valence-corrected chi connectivity index (χ1v) is 9.07. The maximum Gasteiger partial charge on any atom is 0.317 e. The van der Waals surface area contributed by atoms with E-state index in [1.165, 1.54) is 0 Å². The summed E-state index contributed by atoms with van der Waals surface area (Å²) in [5.74, 6) is 1.44. The summed E-state index contributed by atoms with van der Waals surface area (Å²) in [7, 11) is 1.85. The Bertz CT molecular complexity index is 558. The molecule has 1 fully saturated rings. The summed E-state index contributed by atoms with van der Waals surface area (Å²) in [6.45, 7) is 8.44. The van der Waals surface area contributed by atoms with E-state index in [4.69, 9.17) is 14.2 Å². The van der Waals surface area contributed by atoms with Gasteiger partial charge in [0, 0.05) is 26.3 Å². The Labute approximate surface area is 150 Å². The summed E-state index contributed by atoms with van der Waals surface area (Å²) in [4.78, 5) is 14.3. The second kappa shape index (κ2) is 9.51. The maximum atomic E-state index is 12.5. The molecule has 2 amide bonds. The zero-order valence-corrected chi connectivity index (χ0v) is 15.7. The Hall–Kier alpha value is -1.95. The van der Waals surface area contributed by atoms with E-state index >= 15 is 0 Å². The Morgan fingerprint density at radius 2 is 1.88 bits per heavy atom. The maximum absolute atomic E-state index is 12.5. The van der Waals surface area contributed by atoms with E-state index in [0.29, 0.717) is 32.2 Å². The van der Waals surface area contributed by atoms with E-state index in [0.717, 1.165) is 24.2 Å². The normalized spacial score (nSPS) is 16.2. The van der Waals surface area contributed by atoms with Gasteiger partial charge in [0.25, 0.3) is 0 Å².